The van der Waals surface area contributed by atoms with Crippen molar-refractivity contribution in [1.82, 2.24) is 0 Å². The van der Waals surface area contributed by atoms with Crippen LogP contribution in [0.15, 0.2) is 0 Å². The van der Waals surface area contributed by atoms with E-state index in [4.69, 9.17) is 47.4 Å². The lowest BCUT2D eigenvalue weighted by Crippen LogP contribution is -2.67. The van der Waals surface area contributed by atoms with Gasteiger partial charge in [-0.3, -0.25) is 0 Å². The Hall–Kier alpha value is -0.880. The molecule has 0 aromatic rings. The lowest BCUT2D eigenvalue weighted by atomic mass is 9.44. The number of hydrogen-bond acceptors (Lipinski definition) is 22. The first-order valence-electron chi connectivity index (χ1n) is 26.7. The number of aliphatic hydroxyl groups is 12. The summed E-state index contributed by atoms with van der Waals surface area (Å²) >= 11 is 0. The zero-order chi connectivity index (χ0) is 51.3. The van der Waals surface area contributed by atoms with Crippen molar-refractivity contribution >= 4 is 0 Å². The molecule has 414 valence electrons. The van der Waals surface area contributed by atoms with Crippen LogP contribution in [0.1, 0.15) is 91.9 Å². The lowest BCUT2D eigenvalue weighted by molar-refractivity contribution is -0.397. The average Bonchev–Trinajstić information content (AvgIpc) is 3.81. The molecular formula is C50H82O22. The zero-order valence-corrected chi connectivity index (χ0v) is 41.7. The highest BCUT2D eigenvalue weighted by molar-refractivity contribution is 5.15. The van der Waals surface area contributed by atoms with Gasteiger partial charge < -0.3 is 109 Å². The molecular weight excluding hydrogens is 953 g/mol. The first-order valence-corrected chi connectivity index (χ1v) is 26.7. The Morgan fingerprint density at radius 2 is 1.15 bits per heavy atom. The van der Waals surface area contributed by atoms with Gasteiger partial charge in [-0.25, -0.2) is 0 Å². The molecule has 6 saturated heterocycles. The monoisotopic (exact) mass is 1030 g/mol. The second-order valence-electron chi connectivity index (χ2n) is 23.9. The summed E-state index contributed by atoms with van der Waals surface area (Å²) in [5.41, 5.74) is 0.200. The van der Waals surface area contributed by atoms with Gasteiger partial charge in [0.05, 0.1) is 45.2 Å². The van der Waals surface area contributed by atoms with Crippen LogP contribution in [0.4, 0.5) is 0 Å². The van der Waals surface area contributed by atoms with E-state index < -0.39 is 155 Å². The van der Waals surface area contributed by atoms with Gasteiger partial charge in [-0.1, -0.05) is 27.7 Å². The second-order valence-corrected chi connectivity index (χ2v) is 23.9. The van der Waals surface area contributed by atoms with Gasteiger partial charge >= 0.3 is 0 Å². The van der Waals surface area contributed by atoms with Gasteiger partial charge in [0.25, 0.3) is 0 Å². The van der Waals surface area contributed by atoms with E-state index in [2.05, 4.69) is 27.7 Å². The van der Waals surface area contributed by atoms with E-state index in [9.17, 15) is 61.3 Å². The molecule has 10 fully saturated rings. The van der Waals surface area contributed by atoms with Crippen molar-refractivity contribution in [3.63, 3.8) is 0 Å². The molecule has 31 unspecified atom stereocenters. The van der Waals surface area contributed by atoms with E-state index >= 15 is 0 Å². The predicted molar refractivity (Wildman–Crippen MR) is 242 cm³/mol. The molecule has 22 nitrogen and oxygen atoms in total. The lowest BCUT2D eigenvalue weighted by Gasteiger charge is -2.61. The Morgan fingerprint density at radius 1 is 0.514 bits per heavy atom. The number of fused-ring (bicyclic) bond motifs is 7. The van der Waals surface area contributed by atoms with Crippen molar-refractivity contribution in [2.75, 3.05) is 33.0 Å². The first-order chi connectivity index (χ1) is 34.3. The Balaban J connectivity index is 0.860. The first kappa shape index (κ1) is 54.5. The van der Waals surface area contributed by atoms with Crippen LogP contribution in [0.3, 0.4) is 0 Å². The molecule has 22 heteroatoms. The molecule has 0 amide bonds. The third kappa shape index (κ3) is 9.26. The maximum Gasteiger partial charge on any atom is 0.187 e. The van der Waals surface area contributed by atoms with E-state index in [0.29, 0.717) is 54.3 Å². The summed E-state index contributed by atoms with van der Waals surface area (Å²) in [7, 11) is 0. The topological polar surface area (TPSA) is 335 Å². The normalized spacial score (nSPS) is 57.8. The van der Waals surface area contributed by atoms with Crippen molar-refractivity contribution in [2.45, 2.75) is 227 Å². The number of hydrogen-bond donors (Lipinski definition) is 12. The molecule has 0 radical (unpaired) electrons. The highest BCUT2D eigenvalue weighted by Gasteiger charge is 2.69. The predicted octanol–water partition coefficient (Wildman–Crippen LogP) is -2.27. The molecule has 6 heterocycles. The molecule has 31 atom stereocenters. The summed E-state index contributed by atoms with van der Waals surface area (Å²) in [6, 6.07) is 0. The molecule has 1 spiro atoms. The van der Waals surface area contributed by atoms with Crippen LogP contribution < -0.4 is 0 Å². The van der Waals surface area contributed by atoms with E-state index in [1.807, 2.05) is 0 Å². The SMILES string of the molecule is CC1CCC2(OC1)OC1CC3C4CCC5CC(OC6OC(CO)C(OC7OCC(O)C(O)C7O)C(O)C6OC6OC(CO)C(O)C(OC7OC(CO)C(O)C(O)C7O)C6O)CCC5(C)C4CCC3(C)C1C2C. The van der Waals surface area contributed by atoms with E-state index in [1.165, 1.54) is 0 Å². The average molecular weight is 1040 g/mol. The maximum absolute atomic E-state index is 12.3. The van der Waals surface area contributed by atoms with Crippen LogP contribution in [0.5, 0.6) is 0 Å². The Labute approximate surface area is 419 Å². The van der Waals surface area contributed by atoms with E-state index in [0.717, 1.165) is 58.0 Å². The summed E-state index contributed by atoms with van der Waals surface area (Å²) < 4.78 is 61.7. The third-order valence-corrected chi connectivity index (χ3v) is 20.0. The highest BCUT2D eigenvalue weighted by atomic mass is 16.8. The van der Waals surface area contributed by atoms with Crippen LogP contribution >= 0.6 is 0 Å². The second kappa shape index (κ2) is 21.1. The van der Waals surface area contributed by atoms with Gasteiger partial charge in [0.15, 0.2) is 30.9 Å². The van der Waals surface area contributed by atoms with Crippen molar-refractivity contribution in [1.29, 1.82) is 0 Å². The van der Waals surface area contributed by atoms with Gasteiger partial charge in [-0.15, -0.1) is 0 Å². The van der Waals surface area contributed by atoms with Gasteiger partial charge in [-0.2, -0.15) is 0 Å². The van der Waals surface area contributed by atoms with Crippen molar-refractivity contribution in [3.05, 3.63) is 0 Å². The summed E-state index contributed by atoms with van der Waals surface area (Å²) in [5, 5.41) is 129. The minimum atomic E-state index is -1.99. The number of ether oxygens (including phenoxy) is 10. The van der Waals surface area contributed by atoms with Gasteiger partial charge in [-0.05, 0) is 104 Å². The Bertz CT molecular complexity index is 1830. The Kier molecular flexibility index (Phi) is 15.9. The van der Waals surface area contributed by atoms with E-state index in [1.54, 1.807) is 0 Å². The molecule has 12 N–H and O–H groups in total. The molecule has 10 aliphatic rings. The van der Waals surface area contributed by atoms with Crippen LogP contribution in [-0.4, -0.2) is 229 Å². The van der Waals surface area contributed by atoms with E-state index in [-0.39, 0.29) is 16.9 Å². The fourth-order valence-electron chi connectivity index (χ4n) is 15.9. The molecule has 0 bridgehead atoms. The van der Waals surface area contributed by atoms with Crippen molar-refractivity contribution in [2.24, 2.45) is 52.3 Å². The standard InChI is InChI=1S/C50H82O22/c1-20-7-12-50(64-18-20)21(2)32-28(72-50)14-26-24-6-5-22-13-23(8-10-48(22,3)25(24)9-11-49(26,32)4)65-47-43(39(61)41(31(17-53)68-47)69-44-37(59)33(55)27(54)19-63-44)71-46-40(62)42(35(57)30(16-52)67-46)70-45-38(60)36(58)34(56)29(15-51)66-45/h20-47,51-62H,5-19H2,1-4H3. The minimum Gasteiger partial charge on any atom is -0.394 e. The number of rotatable bonds is 11. The summed E-state index contributed by atoms with van der Waals surface area (Å²) in [6.45, 7) is 7.54. The van der Waals surface area contributed by atoms with Crippen molar-refractivity contribution < 1.29 is 109 Å². The summed E-state index contributed by atoms with van der Waals surface area (Å²) in [6.07, 6.45) is -22.6. The highest BCUT2D eigenvalue weighted by Crippen LogP contribution is 2.71. The molecule has 4 aliphatic carbocycles. The molecule has 0 aromatic heterocycles. The van der Waals surface area contributed by atoms with Crippen molar-refractivity contribution in [3.8, 4) is 0 Å². The largest absolute Gasteiger partial charge is 0.394 e. The quantitative estimate of drug-likeness (QED) is 0.0971. The van der Waals surface area contributed by atoms with Gasteiger partial charge in [0.2, 0.25) is 0 Å². The molecule has 0 aromatic carbocycles. The minimum absolute atomic E-state index is 0.0304. The zero-order valence-electron chi connectivity index (χ0n) is 41.7. The maximum atomic E-state index is 12.3. The fraction of sp³-hybridized carbons (Fsp3) is 1.00. The van der Waals surface area contributed by atoms with Crippen LogP contribution in [0.2, 0.25) is 0 Å². The Morgan fingerprint density at radius 3 is 1.85 bits per heavy atom. The van der Waals surface area contributed by atoms with Crippen LogP contribution in [0.25, 0.3) is 0 Å². The molecule has 72 heavy (non-hydrogen) atoms. The molecule has 4 saturated carbocycles. The summed E-state index contributed by atoms with van der Waals surface area (Å²) in [5.74, 6) is 2.79. The summed E-state index contributed by atoms with van der Waals surface area (Å²) in [4.78, 5) is 0. The molecule has 6 aliphatic heterocycles. The van der Waals surface area contributed by atoms with Gasteiger partial charge in [0.1, 0.15) is 91.6 Å². The van der Waals surface area contributed by atoms with Gasteiger partial charge in [0, 0.05) is 12.3 Å². The number of aliphatic hydroxyl groups excluding tert-OH is 12. The molecule has 10 rings (SSSR count). The van der Waals surface area contributed by atoms with Crippen LogP contribution in [-0.2, 0) is 47.4 Å². The fourth-order valence-corrected chi connectivity index (χ4v) is 15.9. The van der Waals surface area contributed by atoms with Crippen LogP contribution in [0, 0.1) is 52.3 Å². The smallest absolute Gasteiger partial charge is 0.187 e. The third-order valence-electron chi connectivity index (χ3n) is 20.0.